The zero-order chi connectivity index (χ0) is 14.2. The number of piperazine rings is 1. The van der Waals surface area contributed by atoms with E-state index < -0.39 is 5.54 Å². The van der Waals surface area contributed by atoms with E-state index in [-0.39, 0.29) is 23.9 Å². The Hall–Kier alpha value is -1.32. The predicted octanol–water partition coefficient (Wildman–Crippen LogP) is 2.14. The van der Waals surface area contributed by atoms with Gasteiger partial charge in [0.2, 0.25) is 11.8 Å². The summed E-state index contributed by atoms with van der Waals surface area (Å²) in [4.78, 5) is 27.5. The number of carbonyl (C=O) groups is 2. The Balaban J connectivity index is 1.91. The molecule has 0 aromatic heterocycles. The SMILES string of the molecule is CCC1C(=O)NC2(CCCC2)C(=O)N1C1CC=CCC1. The van der Waals surface area contributed by atoms with Crippen LogP contribution in [0.2, 0.25) is 0 Å². The zero-order valence-corrected chi connectivity index (χ0v) is 12.2. The fourth-order valence-corrected chi connectivity index (χ4v) is 4.04. The second kappa shape index (κ2) is 5.23. The fraction of sp³-hybridized carbons (Fsp3) is 0.750. The molecule has 2 aliphatic carbocycles. The molecule has 2 unspecified atom stereocenters. The lowest BCUT2D eigenvalue weighted by atomic mass is 9.87. The van der Waals surface area contributed by atoms with Crippen LogP contribution in [0.25, 0.3) is 0 Å². The molecule has 110 valence electrons. The van der Waals surface area contributed by atoms with Crippen molar-refractivity contribution in [1.82, 2.24) is 10.2 Å². The van der Waals surface area contributed by atoms with Crippen LogP contribution in [0.1, 0.15) is 58.3 Å². The molecule has 0 radical (unpaired) electrons. The second-order valence-corrected chi connectivity index (χ2v) is 6.35. The van der Waals surface area contributed by atoms with Crippen LogP contribution in [0.5, 0.6) is 0 Å². The first kappa shape index (κ1) is 13.7. The van der Waals surface area contributed by atoms with Crippen LogP contribution in [0.3, 0.4) is 0 Å². The molecular weight excluding hydrogens is 252 g/mol. The van der Waals surface area contributed by atoms with Crippen molar-refractivity contribution in [1.29, 1.82) is 0 Å². The van der Waals surface area contributed by atoms with E-state index in [4.69, 9.17) is 0 Å². The summed E-state index contributed by atoms with van der Waals surface area (Å²) in [5, 5.41) is 3.06. The summed E-state index contributed by atoms with van der Waals surface area (Å²) < 4.78 is 0. The highest BCUT2D eigenvalue weighted by atomic mass is 16.2. The quantitative estimate of drug-likeness (QED) is 0.786. The number of nitrogens with one attached hydrogen (secondary N) is 1. The summed E-state index contributed by atoms with van der Waals surface area (Å²) in [5.74, 6) is 0.241. The van der Waals surface area contributed by atoms with E-state index in [1.165, 1.54) is 0 Å². The molecule has 1 saturated carbocycles. The smallest absolute Gasteiger partial charge is 0.249 e. The van der Waals surface area contributed by atoms with E-state index in [2.05, 4.69) is 17.5 Å². The monoisotopic (exact) mass is 276 g/mol. The van der Waals surface area contributed by atoms with Gasteiger partial charge in [-0.15, -0.1) is 0 Å². The first-order valence-corrected chi connectivity index (χ1v) is 7.98. The molecule has 0 bridgehead atoms. The molecule has 4 heteroatoms. The minimum absolute atomic E-state index is 0.0588. The standard InChI is InChI=1S/C16H24N2O2/c1-2-13-14(19)17-16(10-6-7-11-16)15(20)18(13)12-8-4-3-5-9-12/h3-4,12-13H,2,5-11H2,1H3,(H,17,19). The van der Waals surface area contributed by atoms with Gasteiger partial charge in [0.05, 0.1) is 0 Å². The third kappa shape index (κ3) is 2.05. The average Bonchev–Trinajstić information content (AvgIpc) is 2.93. The van der Waals surface area contributed by atoms with Gasteiger partial charge in [-0.1, -0.05) is 31.9 Å². The Morgan fingerprint density at radius 1 is 1.30 bits per heavy atom. The zero-order valence-electron chi connectivity index (χ0n) is 12.2. The van der Waals surface area contributed by atoms with Gasteiger partial charge in [0.25, 0.3) is 0 Å². The van der Waals surface area contributed by atoms with Crippen molar-refractivity contribution in [2.75, 3.05) is 0 Å². The average molecular weight is 276 g/mol. The second-order valence-electron chi connectivity index (χ2n) is 6.35. The first-order valence-electron chi connectivity index (χ1n) is 7.98. The Morgan fingerprint density at radius 3 is 2.65 bits per heavy atom. The van der Waals surface area contributed by atoms with Gasteiger partial charge in [0.1, 0.15) is 11.6 Å². The van der Waals surface area contributed by atoms with E-state index in [9.17, 15) is 9.59 Å². The van der Waals surface area contributed by atoms with Gasteiger partial charge >= 0.3 is 0 Å². The molecule has 3 aliphatic rings. The highest BCUT2D eigenvalue weighted by molar-refractivity contribution is 6.00. The third-order valence-electron chi connectivity index (χ3n) is 5.12. The molecule has 4 nitrogen and oxygen atoms in total. The van der Waals surface area contributed by atoms with Crippen LogP contribution < -0.4 is 5.32 Å². The highest BCUT2D eigenvalue weighted by Gasteiger charge is 2.52. The maximum atomic E-state index is 13.1. The van der Waals surface area contributed by atoms with Crippen molar-refractivity contribution in [3.8, 4) is 0 Å². The largest absolute Gasteiger partial charge is 0.340 e. The highest BCUT2D eigenvalue weighted by Crippen LogP contribution is 2.37. The number of nitrogens with zero attached hydrogens (tertiary/aromatic N) is 1. The lowest BCUT2D eigenvalue weighted by molar-refractivity contribution is -0.158. The van der Waals surface area contributed by atoms with Crippen LogP contribution >= 0.6 is 0 Å². The Kier molecular flexibility index (Phi) is 3.57. The lowest BCUT2D eigenvalue weighted by Gasteiger charge is -2.48. The summed E-state index contributed by atoms with van der Waals surface area (Å²) in [7, 11) is 0. The third-order valence-corrected chi connectivity index (χ3v) is 5.12. The number of hydrogen-bond donors (Lipinski definition) is 1. The van der Waals surface area contributed by atoms with Gasteiger partial charge in [0, 0.05) is 6.04 Å². The molecule has 1 aliphatic heterocycles. The van der Waals surface area contributed by atoms with Crippen LogP contribution in [-0.4, -0.2) is 34.3 Å². The molecule has 2 amide bonds. The van der Waals surface area contributed by atoms with Crippen LogP contribution in [0, 0.1) is 0 Å². The molecule has 1 saturated heterocycles. The summed E-state index contributed by atoms with van der Waals surface area (Å²) >= 11 is 0. The molecule has 20 heavy (non-hydrogen) atoms. The van der Waals surface area contributed by atoms with E-state index >= 15 is 0 Å². The summed E-state index contributed by atoms with van der Waals surface area (Å²) in [6.07, 6.45) is 11.6. The van der Waals surface area contributed by atoms with Crippen molar-refractivity contribution >= 4 is 11.8 Å². The van der Waals surface area contributed by atoms with Gasteiger partial charge < -0.3 is 10.2 Å². The molecule has 2 atom stereocenters. The van der Waals surface area contributed by atoms with Crippen LogP contribution in [-0.2, 0) is 9.59 Å². The molecule has 3 rings (SSSR count). The first-order chi connectivity index (χ1) is 9.68. The Bertz CT molecular complexity index is 438. The van der Waals surface area contributed by atoms with E-state index in [0.29, 0.717) is 6.42 Å². The Labute approximate surface area is 120 Å². The predicted molar refractivity (Wildman–Crippen MR) is 77.0 cm³/mol. The van der Waals surface area contributed by atoms with Crippen molar-refractivity contribution in [3.63, 3.8) is 0 Å². The number of carbonyl (C=O) groups excluding carboxylic acids is 2. The Morgan fingerprint density at radius 2 is 2.05 bits per heavy atom. The minimum atomic E-state index is -0.579. The van der Waals surface area contributed by atoms with E-state index in [0.717, 1.165) is 44.9 Å². The topological polar surface area (TPSA) is 49.4 Å². The molecule has 1 spiro atoms. The van der Waals surface area contributed by atoms with Crippen molar-refractivity contribution in [2.24, 2.45) is 0 Å². The van der Waals surface area contributed by atoms with E-state index in [1.807, 2.05) is 11.8 Å². The minimum Gasteiger partial charge on any atom is -0.340 e. The molecule has 1 heterocycles. The normalized spacial score (nSPS) is 32.8. The van der Waals surface area contributed by atoms with Gasteiger partial charge in [0.15, 0.2) is 0 Å². The molecule has 0 aromatic rings. The van der Waals surface area contributed by atoms with Gasteiger partial charge in [-0.25, -0.2) is 0 Å². The molecular formula is C16H24N2O2. The number of hydrogen-bond acceptors (Lipinski definition) is 2. The van der Waals surface area contributed by atoms with Gasteiger partial charge in [-0.3, -0.25) is 9.59 Å². The summed E-state index contributed by atoms with van der Waals surface area (Å²) in [6.45, 7) is 2.00. The summed E-state index contributed by atoms with van der Waals surface area (Å²) in [5.41, 5.74) is -0.579. The maximum absolute atomic E-state index is 13.1. The maximum Gasteiger partial charge on any atom is 0.249 e. The number of rotatable bonds is 2. The fourth-order valence-electron chi connectivity index (χ4n) is 4.04. The van der Waals surface area contributed by atoms with Crippen molar-refractivity contribution < 1.29 is 9.59 Å². The molecule has 2 fully saturated rings. The van der Waals surface area contributed by atoms with Gasteiger partial charge in [-0.2, -0.15) is 0 Å². The van der Waals surface area contributed by atoms with E-state index in [1.54, 1.807) is 0 Å². The number of amides is 2. The lowest BCUT2D eigenvalue weighted by Crippen LogP contribution is -2.71. The van der Waals surface area contributed by atoms with Crippen molar-refractivity contribution in [3.05, 3.63) is 12.2 Å². The number of allylic oxidation sites excluding steroid dienone is 1. The molecule has 1 N–H and O–H groups in total. The summed E-state index contributed by atoms with van der Waals surface area (Å²) in [6, 6.07) is -0.0637. The van der Waals surface area contributed by atoms with Crippen LogP contribution in [0.15, 0.2) is 12.2 Å². The van der Waals surface area contributed by atoms with Crippen LogP contribution in [0.4, 0.5) is 0 Å². The van der Waals surface area contributed by atoms with Crippen molar-refractivity contribution in [2.45, 2.75) is 75.9 Å². The van der Waals surface area contributed by atoms with Gasteiger partial charge in [-0.05, 0) is 38.5 Å². The molecule has 0 aromatic carbocycles.